The predicted molar refractivity (Wildman–Crippen MR) is 66.1 cm³/mol. The van der Waals surface area contributed by atoms with Crippen molar-refractivity contribution in [3.8, 4) is 0 Å². The van der Waals surface area contributed by atoms with Gasteiger partial charge in [0.15, 0.2) is 0 Å². The van der Waals surface area contributed by atoms with Crippen LogP contribution in [-0.4, -0.2) is 31.2 Å². The van der Waals surface area contributed by atoms with Crippen molar-refractivity contribution < 1.29 is 8.42 Å². The van der Waals surface area contributed by atoms with Crippen LogP contribution in [0.2, 0.25) is 0 Å². The van der Waals surface area contributed by atoms with Gasteiger partial charge in [0.05, 0.1) is 11.4 Å². The standard InChI is InChI=1S/C10H20N4O2S/c1-4-5-9(6-11)14-17(15,16)10-7(2)12-13-8(10)3/h9,14H,4-6,11H2,1-3H3,(H,12,13). The number of H-pyrrole nitrogens is 1. The Kier molecular flexibility index (Phi) is 4.67. The van der Waals surface area contributed by atoms with Gasteiger partial charge < -0.3 is 5.73 Å². The van der Waals surface area contributed by atoms with E-state index < -0.39 is 10.0 Å². The normalized spacial score (nSPS) is 13.9. The van der Waals surface area contributed by atoms with Gasteiger partial charge in [0.25, 0.3) is 0 Å². The minimum absolute atomic E-state index is 0.223. The molecule has 0 saturated carbocycles. The average molecular weight is 260 g/mol. The third-order valence-electron chi connectivity index (χ3n) is 2.57. The highest BCUT2D eigenvalue weighted by Crippen LogP contribution is 2.17. The maximum Gasteiger partial charge on any atom is 0.244 e. The van der Waals surface area contributed by atoms with Crippen LogP contribution >= 0.6 is 0 Å². The molecule has 1 aromatic rings. The number of aromatic amines is 1. The highest BCUT2D eigenvalue weighted by Gasteiger charge is 2.24. The van der Waals surface area contributed by atoms with Crippen LogP contribution in [-0.2, 0) is 10.0 Å². The molecule has 0 aromatic carbocycles. The van der Waals surface area contributed by atoms with E-state index in [1.165, 1.54) is 0 Å². The first kappa shape index (κ1) is 14.1. The quantitative estimate of drug-likeness (QED) is 0.690. The number of nitrogens with one attached hydrogen (secondary N) is 2. The van der Waals surface area contributed by atoms with Crippen LogP contribution in [0.5, 0.6) is 0 Å². The van der Waals surface area contributed by atoms with Crippen molar-refractivity contribution in [1.29, 1.82) is 0 Å². The molecule has 7 heteroatoms. The second-order valence-corrected chi connectivity index (χ2v) is 5.76. The summed E-state index contributed by atoms with van der Waals surface area (Å²) in [6.45, 7) is 5.63. The van der Waals surface area contributed by atoms with Crippen LogP contribution in [0.3, 0.4) is 0 Å². The summed E-state index contributed by atoms with van der Waals surface area (Å²) >= 11 is 0. The number of sulfonamides is 1. The Morgan fingerprint density at radius 1 is 1.47 bits per heavy atom. The van der Waals surface area contributed by atoms with Crippen LogP contribution in [0.4, 0.5) is 0 Å². The van der Waals surface area contributed by atoms with Crippen LogP contribution in [0.15, 0.2) is 4.90 Å². The lowest BCUT2D eigenvalue weighted by Gasteiger charge is -2.16. The van der Waals surface area contributed by atoms with E-state index in [1.807, 2.05) is 6.92 Å². The molecular weight excluding hydrogens is 240 g/mol. The Morgan fingerprint density at radius 2 is 2.12 bits per heavy atom. The number of hydrogen-bond acceptors (Lipinski definition) is 4. The molecule has 0 amide bonds. The SMILES string of the molecule is CCCC(CN)NS(=O)(=O)c1c(C)n[nH]c1C. The Hall–Kier alpha value is -0.920. The monoisotopic (exact) mass is 260 g/mol. The summed E-state index contributed by atoms with van der Waals surface area (Å²) in [5.41, 5.74) is 6.56. The van der Waals surface area contributed by atoms with E-state index >= 15 is 0 Å². The first-order valence-corrected chi connectivity index (χ1v) is 7.14. The van der Waals surface area contributed by atoms with Gasteiger partial charge in [0.2, 0.25) is 10.0 Å². The molecule has 4 N–H and O–H groups in total. The van der Waals surface area contributed by atoms with Gasteiger partial charge in [-0.05, 0) is 20.3 Å². The van der Waals surface area contributed by atoms with Crippen LogP contribution in [0.1, 0.15) is 31.2 Å². The second-order valence-electron chi connectivity index (χ2n) is 4.11. The highest BCUT2D eigenvalue weighted by molar-refractivity contribution is 7.89. The zero-order valence-electron chi connectivity index (χ0n) is 10.4. The second kappa shape index (κ2) is 5.61. The molecule has 0 saturated heterocycles. The van der Waals surface area contributed by atoms with Crippen molar-refractivity contribution in [2.75, 3.05) is 6.54 Å². The number of rotatable bonds is 6. The van der Waals surface area contributed by atoms with Crippen molar-refractivity contribution in [1.82, 2.24) is 14.9 Å². The maximum absolute atomic E-state index is 12.2. The highest BCUT2D eigenvalue weighted by atomic mass is 32.2. The molecule has 17 heavy (non-hydrogen) atoms. The van der Waals surface area contributed by atoms with E-state index in [0.29, 0.717) is 17.9 Å². The van der Waals surface area contributed by atoms with Crippen LogP contribution in [0.25, 0.3) is 0 Å². The molecule has 98 valence electrons. The summed E-state index contributed by atoms with van der Waals surface area (Å²) in [6.07, 6.45) is 1.61. The summed E-state index contributed by atoms with van der Waals surface area (Å²) in [4.78, 5) is 0.229. The van der Waals surface area contributed by atoms with Gasteiger partial charge in [0, 0.05) is 12.6 Å². The van der Waals surface area contributed by atoms with E-state index in [1.54, 1.807) is 13.8 Å². The average Bonchev–Trinajstić information content (AvgIpc) is 2.58. The molecule has 0 radical (unpaired) electrons. The van der Waals surface area contributed by atoms with Gasteiger partial charge in [-0.1, -0.05) is 13.3 Å². The predicted octanol–water partition coefficient (Wildman–Crippen LogP) is 0.432. The summed E-state index contributed by atoms with van der Waals surface area (Å²) in [6, 6.07) is -0.223. The first-order valence-electron chi connectivity index (χ1n) is 5.66. The molecular formula is C10H20N4O2S. The fraction of sp³-hybridized carbons (Fsp3) is 0.700. The third kappa shape index (κ3) is 3.27. The number of aromatic nitrogens is 2. The van der Waals surface area contributed by atoms with Crippen molar-refractivity contribution >= 4 is 10.0 Å². The number of hydrogen-bond donors (Lipinski definition) is 3. The minimum atomic E-state index is -3.54. The molecule has 0 spiro atoms. The van der Waals surface area contributed by atoms with E-state index in [9.17, 15) is 8.42 Å². The summed E-state index contributed by atoms with van der Waals surface area (Å²) in [7, 11) is -3.54. The van der Waals surface area contributed by atoms with Gasteiger partial charge >= 0.3 is 0 Å². The number of nitrogens with two attached hydrogens (primary N) is 1. The van der Waals surface area contributed by atoms with Crippen LogP contribution < -0.4 is 10.5 Å². The topological polar surface area (TPSA) is 101 Å². The third-order valence-corrected chi connectivity index (χ3v) is 4.36. The molecule has 6 nitrogen and oxygen atoms in total. The molecule has 0 bridgehead atoms. The van der Waals surface area contributed by atoms with Gasteiger partial charge in [-0.3, -0.25) is 5.10 Å². The molecule has 0 aliphatic carbocycles. The lowest BCUT2D eigenvalue weighted by Crippen LogP contribution is -2.40. The fourth-order valence-electron chi connectivity index (χ4n) is 1.79. The van der Waals surface area contributed by atoms with Crippen molar-refractivity contribution in [3.05, 3.63) is 11.4 Å². The van der Waals surface area contributed by atoms with E-state index in [4.69, 9.17) is 5.73 Å². The number of aryl methyl sites for hydroxylation is 2. The van der Waals surface area contributed by atoms with Crippen molar-refractivity contribution in [3.63, 3.8) is 0 Å². The van der Waals surface area contributed by atoms with Gasteiger partial charge in [-0.25, -0.2) is 13.1 Å². The minimum Gasteiger partial charge on any atom is -0.329 e. The Labute approximate surface area is 102 Å². The zero-order chi connectivity index (χ0) is 13.1. The van der Waals surface area contributed by atoms with Gasteiger partial charge in [-0.15, -0.1) is 0 Å². The Morgan fingerprint density at radius 3 is 2.53 bits per heavy atom. The Balaban J connectivity index is 2.96. The lowest BCUT2D eigenvalue weighted by molar-refractivity contribution is 0.526. The molecule has 0 fully saturated rings. The van der Waals surface area contributed by atoms with Gasteiger partial charge in [0.1, 0.15) is 4.90 Å². The number of nitrogens with zero attached hydrogens (tertiary/aromatic N) is 1. The summed E-state index contributed by atoms with van der Waals surface area (Å²) in [5, 5.41) is 6.55. The molecule has 1 aromatic heterocycles. The first-order chi connectivity index (χ1) is 7.92. The Bertz CT molecular complexity index is 447. The van der Waals surface area contributed by atoms with Crippen LogP contribution in [0, 0.1) is 13.8 Å². The van der Waals surface area contributed by atoms with Gasteiger partial charge in [-0.2, -0.15) is 5.10 Å². The molecule has 1 rings (SSSR count). The smallest absolute Gasteiger partial charge is 0.244 e. The maximum atomic E-state index is 12.2. The summed E-state index contributed by atoms with van der Waals surface area (Å²) in [5.74, 6) is 0. The zero-order valence-corrected chi connectivity index (χ0v) is 11.3. The van der Waals surface area contributed by atoms with E-state index in [2.05, 4.69) is 14.9 Å². The molecule has 0 aliphatic rings. The summed E-state index contributed by atoms with van der Waals surface area (Å²) < 4.78 is 26.9. The molecule has 1 heterocycles. The molecule has 1 atom stereocenters. The largest absolute Gasteiger partial charge is 0.329 e. The molecule has 1 unspecified atom stereocenters. The molecule has 0 aliphatic heterocycles. The lowest BCUT2D eigenvalue weighted by atomic mass is 10.2. The fourth-order valence-corrected chi connectivity index (χ4v) is 3.44. The van der Waals surface area contributed by atoms with Crippen molar-refractivity contribution in [2.24, 2.45) is 5.73 Å². The van der Waals surface area contributed by atoms with E-state index in [-0.39, 0.29) is 10.9 Å². The van der Waals surface area contributed by atoms with Crippen molar-refractivity contribution in [2.45, 2.75) is 44.6 Å². The van der Waals surface area contributed by atoms with E-state index in [0.717, 1.165) is 12.8 Å².